The number of carbonyl (C=O) groups is 2. The molecule has 0 heterocycles. The first kappa shape index (κ1) is 16.3. The van der Waals surface area contributed by atoms with Crippen molar-refractivity contribution >= 4 is 12.1 Å². The SMILES string of the molecule is CCCCC(=O)[C@@H](CO)C[C@@H](C)C[C@@H](C)C=O. The zero-order valence-corrected chi connectivity index (χ0v) is 11.3. The molecule has 0 aliphatic heterocycles. The molecule has 3 nitrogen and oxygen atoms in total. The van der Waals surface area contributed by atoms with Crippen LogP contribution in [0.25, 0.3) is 0 Å². The highest BCUT2D eigenvalue weighted by Gasteiger charge is 2.20. The Morgan fingerprint density at radius 1 is 1.29 bits per heavy atom. The average Bonchev–Trinajstić information content (AvgIpc) is 2.32. The van der Waals surface area contributed by atoms with Gasteiger partial charge in [-0.1, -0.05) is 27.2 Å². The molecule has 0 aliphatic rings. The van der Waals surface area contributed by atoms with Crippen molar-refractivity contribution in [3.8, 4) is 0 Å². The van der Waals surface area contributed by atoms with Crippen LogP contribution in [0.5, 0.6) is 0 Å². The molecule has 0 saturated heterocycles. The first-order valence-corrected chi connectivity index (χ1v) is 6.63. The van der Waals surface area contributed by atoms with E-state index in [0.717, 1.165) is 25.5 Å². The van der Waals surface area contributed by atoms with Crippen LogP contribution in [0.3, 0.4) is 0 Å². The molecule has 0 fully saturated rings. The third-order valence-corrected chi connectivity index (χ3v) is 3.15. The fraction of sp³-hybridized carbons (Fsp3) is 0.857. The summed E-state index contributed by atoms with van der Waals surface area (Å²) >= 11 is 0. The van der Waals surface area contributed by atoms with Crippen molar-refractivity contribution in [1.29, 1.82) is 0 Å². The minimum Gasteiger partial charge on any atom is -0.396 e. The fourth-order valence-corrected chi connectivity index (χ4v) is 2.14. The van der Waals surface area contributed by atoms with Crippen molar-refractivity contribution in [3.63, 3.8) is 0 Å². The quantitative estimate of drug-likeness (QED) is 0.599. The summed E-state index contributed by atoms with van der Waals surface area (Å²) in [6.45, 7) is 5.91. The molecule has 0 unspecified atom stereocenters. The van der Waals surface area contributed by atoms with Gasteiger partial charge < -0.3 is 9.90 Å². The van der Waals surface area contributed by atoms with Crippen molar-refractivity contribution in [2.45, 2.75) is 52.9 Å². The summed E-state index contributed by atoms with van der Waals surface area (Å²) in [5.74, 6) is 0.267. The summed E-state index contributed by atoms with van der Waals surface area (Å²) in [6.07, 6.45) is 4.90. The van der Waals surface area contributed by atoms with Crippen molar-refractivity contribution in [2.75, 3.05) is 6.61 Å². The Balaban J connectivity index is 4.10. The number of hydrogen-bond donors (Lipinski definition) is 1. The van der Waals surface area contributed by atoms with Crippen LogP contribution in [0, 0.1) is 17.8 Å². The van der Waals surface area contributed by atoms with E-state index in [2.05, 4.69) is 6.92 Å². The molecule has 17 heavy (non-hydrogen) atoms. The van der Waals surface area contributed by atoms with Crippen LogP contribution in [0.2, 0.25) is 0 Å². The Morgan fingerprint density at radius 3 is 2.41 bits per heavy atom. The highest BCUT2D eigenvalue weighted by Crippen LogP contribution is 2.21. The second kappa shape index (κ2) is 9.34. The second-order valence-electron chi connectivity index (χ2n) is 5.14. The molecule has 0 aromatic rings. The number of rotatable bonds is 10. The molecule has 3 atom stereocenters. The molecule has 0 aliphatic carbocycles. The summed E-state index contributed by atoms with van der Waals surface area (Å²) in [5, 5.41) is 9.25. The highest BCUT2D eigenvalue weighted by atomic mass is 16.3. The van der Waals surface area contributed by atoms with Gasteiger partial charge in [-0.15, -0.1) is 0 Å². The van der Waals surface area contributed by atoms with Crippen molar-refractivity contribution in [3.05, 3.63) is 0 Å². The van der Waals surface area contributed by atoms with Crippen LogP contribution >= 0.6 is 0 Å². The van der Waals surface area contributed by atoms with Gasteiger partial charge in [-0.25, -0.2) is 0 Å². The molecule has 0 aromatic heterocycles. The summed E-state index contributed by atoms with van der Waals surface area (Å²) in [4.78, 5) is 22.3. The highest BCUT2D eigenvalue weighted by molar-refractivity contribution is 5.81. The zero-order chi connectivity index (χ0) is 13.3. The van der Waals surface area contributed by atoms with Gasteiger partial charge in [0.25, 0.3) is 0 Å². The molecule has 0 bridgehead atoms. The van der Waals surface area contributed by atoms with Crippen LogP contribution < -0.4 is 0 Å². The lowest BCUT2D eigenvalue weighted by Gasteiger charge is -2.19. The van der Waals surface area contributed by atoms with Crippen molar-refractivity contribution < 1.29 is 14.7 Å². The van der Waals surface area contributed by atoms with E-state index in [1.807, 2.05) is 13.8 Å². The number of aldehydes is 1. The van der Waals surface area contributed by atoms with E-state index in [0.29, 0.717) is 18.8 Å². The maximum atomic E-state index is 11.8. The minimum atomic E-state index is -0.240. The predicted octanol–water partition coefficient (Wildman–Crippen LogP) is 2.61. The molecular weight excluding hydrogens is 216 g/mol. The maximum Gasteiger partial charge on any atom is 0.138 e. The molecule has 0 amide bonds. The van der Waals surface area contributed by atoms with Crippen LogP contribution in [0.15, 0.2) is 0 Å². The molecule has 0 radical (unpaired) electrons. The molecule has 100 valence electrons. The number of unbranched alkanes of at least 4 members (excludes halogenated alkanes) is 1. The Morgan fingerprint density at radius 2 is 1.94 bits per heavy atom. The predicted molar refractivity (Wildman–Crippen MR) is 68.7 cm³/mol. The third kappa shape index (κ3) is 7.27. The van der Waals surface area contributed by atoms with Gasteiger partial charge in [0.15, 0.2) is 0 Å². The Hall–Kier alpha value is -0.700. The Bertz CT molecular complexity index is 226. The van der Waals surface area contributed by atoms with Crippen LogP contribution in [0.1, 0.15) is 52.9 Å². The number of hydrogen-bond acceptors (Lipinski definition) is 3. The van der Waals surface area contributed by atoms with Gasteiger partial charge in [0.2, 0.25) is 0 Å². The van der Waals surface area contributed by atoms with Gasteiger partial charge >= 0.3 is 0 Å². The van der Waals surface area contributed by atoms with Gasteiger partial charge in [-0.2, -0.15) is 0 Å². The lowest BCUT2D eigenvalue weighted by Crippen LogP contribution is -2.22. The number of aliphatic hydroxyl groups is 1. The smallest absolute Gasteiger partial charge is 0.138 e. The van der Waals surface area contributed by atoms with Gasteiger partial charge in [-0.05, 0) is 25.2 Å². The Kier molecular flexibility index (Phi) is 8.96. The molecule has 1 N–H and O–H groups in total. The van der Waals surface area contributed by atoms with Gasteiger partial charge in [0.05, 0.1) is 6.61 Å². The number of Topliss-reactive ketones (excluding diaryl/α,β-unsaturated/α-hetero) is 1. The molecule has 0 spiro atoms. The topological polar surface area (TPSA) is 54.4 Å². The summed E-state index contributed by atoms with van der Waals surface area (Å²) < 4.78 is 0. The van der Waals surface area contributed by atoms with Gasteiger partial charge in [0, 0.05) is 18.3 Å². The normalized spacial score (nSPS) is 16.2. The number of carbonyl (C=O) groups excluding carboxylic acids is 2. The van der Waals surface area contributed by atoms with Gasteiger partial charge in [-0.3, -0.25) is 4.79 Å². The largest absolute Gasteiger partial charge is 0.396 e. The zero-order valence-electron chi connectivity index (χ0n) is 11.3. The van der Waals surface area contributed by atoms with Gasteiger partial charge in [0.1, 0.15) is 12.1 Å². The van der Waals surface area contributed by atoms with Crippen LogP contribution in [0.4, 0.5) is 0 Å². The lowest BCUT2D eigenvalue weighted by atomic mass is 9.86. The van der Waals surface area contributed by atoms with Crippen LogP contribution in [-0.4, -0.2) is 23.8 Å². The fourth-order valence-electron chi connectivity index (χ4n) is 2.14. The molecule has 0 aromatic carbocycles. The van der Waals surface area contributed by atoms with Crippen LogP contribution in [-0.2, 0) is 9.59 Å². The molecular formula is C14H26O3. The third-order valence-electron chi connectivity index (χ3n) is 3.15. The van der Waals surface area contributed by atoms with E-state index in [-0.39, 0.29) is 24.2 Å². The van der Waals surface area contributed by atoms with Crippen molar-refractivity contribution in [1.82, 2.24) is 0 Å². The average molecular weight is 242 g/mol. The maximum absolute atomic E-state index is 11.8. The monoisotopic (exact) mass is 242 g/mol. The van der Waals surface area contributed by atoms with E-state index >= 15 is 0 Å². The van der Waals surface area contributed by atoms with E-state index in [1.54, 1.807) is 0 Å². The first-order valence-electron chi connectivity index (χ1n) is 6.63. The minimum absolute atomic E-state index is 0.0371. The van der Waals surface area contributed by atoms with E-state index in [4.69, 9.17) is 0 Å². The molecule has 0 saturated carbocycles. The Labute approximate surface area is 105 Å². The van der Waals surface area contributed by atoms with E-state index < -0.39 is 0 Å². The van der Waals surface area contributed by atoms with Crippen molar-refractivity contribution in [2.24, 2.45) is 17.8 Å². The molecule has 3 heteroatoms. The van der Waals surface area contributed by atoms with E-state index in [1.165, 1.54) is 0 Å². The number of aliphatic hydroxyl groups excluding tert-OH is 1. The summed E-state index contributed by atoms with van der Waals surface area (Å²) in [6, 6.07) is 0. The summed E-state index contributed by atoms with van der Waals surface area (Å²) in [5.41, 5.74) is 0. The van der Waals surface area contributed by atoms with E-state index in [9.17, 15) is 14.7 Å². The lowest BCUT2D eigenvalue weighted by molar-refractivity contribution is -0.124. The number of ketones is 1. The first-order chi connectivity index (χ1) is 8.04. The standard InChI is InChI=1S/C14H26O3/c1-4-5-6-14(17)13(10-16)8-11(2)7-12(3)9-15/h9,11-13,16H,4-8,10H2,1-3H3/t11-,12+,13+/m0/s1. The summed E-state index contributed by atoms with van der Waals surface area (Å²) in [7, 11) is 0. The second-order valence-corrected chi connectivity index (χ2v) is 5.14. The molecule has 0 rings (SSSR count).